The summed E-state index contributed by atoms with van der Waals surface area (Å²) in [6.45, 7) is 0.506. The minimum absolute atomic E-state index is 0.167. The summed E-state index contributed by atoms with van der Waals surface area (Å²) in [6, 6.07) is 8.10. The summed E-state index contributed by atoms with van der Waals surface area (Å²) in [5, 5.41) is 16.0. The summed E-state index contributed by atoms with van der Waals surface area (Å²) in [5.74, 6) is 0.0403. The molecule has 2 rings (SSSR count). The van der Waals surface area contributed by atoms with Crippen LogP contribution in [-0.4, -0.2) is 17.1 Å². The third-order valence-electron chi connectivity index (χ3n) is 2.78. The molecule has 1 aromatic carbocycles. The fourth-order valence-corrected chi connectivity index (χ4v) is 2.36. The van der Waals surface area contributed by atoms with E-state index in [0.717, 1.165) is 11.1 Å². The maximum Gasteiger partial charge on any atom is 0.237 e. The van der Waals surface area contributed by atoms with E-state index < -0.39 is 6.04 Å². The van der Waals surface area contributed by atoms with Gasteiger partial charge < -0.3 is 16.2 Å². The first-order valence-corrected chi connectivity index (χ1v) is 6.91. The van der Waals surface area contributed by atoms with Crippen LogP contribution in [0.15, 0.2) is 41.1 Å². The van der Waals surface area contributed by atoms with E-state index in [1.165, 1.54) is 0 Å². The average molecular weight is 276 g/mol. The van der Waals surface area contributed by atoms with E-state index in [9.17, 15) is 9.90 Å². The van der Waals surface area contributed by atoms with Gasteiger partial charge in [-0.25, -0.2) is 0 Å². The van der Waals surface area contributed by atoms with E-state index in [0.29, 0.717) is 13.0 Å². The van der Waals surface area contributed by atoms with E-state index in [4.69, 9.17) is 5.73 Å². The average Bonchev–Trinajstić information content (AvgIpc) is 2.91. The number of amides is 1. The zero-order valence-electron chi connectivity index (χ0n) is 10.4. The van der Waals surface area contributed by atoms with Crippen LogP contribution in [0.25, 0.3) is 0 Å². The number of carbonyl (C=O) groups excluding carboxylic acids is 1. The highest BCUT2D eigenvalue weighted by atomic mass is 32.1. The van der Waals surface area contributed by atoms with Gasteiger partial charge in [-0.05, 0) is 46.5 Å². The maximum atomic E-state index is 11.8. The summed E-state index contributed by atoms with van der Waals surface area (Å²) >= 11 is 1.60. The molecule has 4 nitrogen and oxygen atoms in total. The lowest BCUT2D eigenvalue weighted by atomic mass is 10.1. The van der Waals surface area contributed by atoms with Crippen molar-refractivity contribution in [2.24, 2.45) is 5.73 Å². The Morgan fingerprint density at radius 2 is 2.00 bits per heavy atom. The molecule has 1 aromatic heterocycles. The molecular formula is C14H16N2O2S. The molecule has 0 radical (unpaired) electrons. The van der Waals surface area contributed by atoms with Crippen molar-refractivity contribution in [3.63, 3.8) is 0 Å². The molecule has 4 N–H and O–H groups in total. The predicted molar refractivity (Wildman–Crippen MR) is 76.0 cm³/mol. The lowest BCUT2D eigenvalue weighted by molar-refractivity contribution is -0.122. The van der Waals surface area contributed by atoms with Crippen molar-refractivity contribution >= 4 is 17.2 Å². The van der Waals surface area contributed by atoms with Gasteiger partial charge in [0.2, 0.25) is 5.91 Å². The second-order valence-corrected chi connectivity index (χ2v) is 5.11. The molecule has 1 amide bonds. The predicted octanol–water partition coefficient (Wildman–Crippen LogP) is 1.64. The molecule has 0 unspecified atom stereocenters. The Kier molecular flexibility index (Phi) is 4.54. The Hall–Kier alpha value is -1.85. The number of carbonyl (C=O) groups is 1. The molecular weight excluding hydrogens is 260 g/mol. The monoisotopic (exact) mass is 276 g/mol. The van der Waals surface area contributed by atoms with Crippen LogP contribution in [0.5, 0.6) is 5.75 Å². The Labute approximate surface area is 115 Å². The number of phenolic OH excluding ortho intramolecular Hbond substituents is 1. The molecule has 5 heteroatoms. The number of hydrogen-bond donors (Lipinski definition) is 3. The molecule has 19 heavy (non-hydrogen) atoms. The van der Waals surface area contributed by atoms with Crippen molar-refractivity contribution < 1.29 is 9.90 Å². The quantitative estimate of drug-likeness (QED) is 0.777. The minimum atomic E-state index is -0.580. The molecule has 0 aliphatic rings. The summed E-state index contributed by atoms with van der Waals surface area (Å²) < 4.78 is 0. The van der Waals surface area contributed by atoms with Crippen LogP contribution >= 0.6 is 11.3 Å². The zero-order chi connectivity index (χ0) is 13.7. The van der Waals surface area contributed by atoms with Crippen LogP contribution in [0.4, 0.5) is 0 Å². The summed E-state index contributed by atoms with van der Waals surface area (Å²) in [7, 11) is 0. The Bertz CT molecular complexity index is 523. The Morgan fingerprint density at radius 3 is 2.63 bits per heavy atom. The highest BCUT2D eigenvalue weighted by Gasteiger charge is 2.13. The van der Waals surface area contributed by atoms with Gasteiger partial charge in [0.15, 0.2) is 0 Å². The van der Waals surface area contributed by atoms with Gasteiger partial charge in [0, 0.05) is 6.54 Å². The van der Waals surface area contributed by atoms with Gasteiger partial charge in [-0.2, -0.15) is 11.3 Å². The Morgan fingerprint density at radius 1 is 1.26 bits per heavy atom. The van der Waals surface area contributed by atoms with E-state index >= 15 is 0 Å². The standard InChI is InChI=1S/C14H16N2O2S/c15-13(7-10-1-3-12(17)4-2-10)14(18)16-8-11-5-6-19-9-11/h1-6,9,13,17H,7-8,15H2,(H,16,18)/t13-/m1/s1. The molecule has 0 aliphatic carbocycles. The van der Waals surface area contributed by atoms with Crippen molar-refractivity contribution in [2.45, 2.75) is 19.0 Å². The largest absolute Gasteiger partial charge is 0.508 e. The van der Waals surface area contributed by atoms with Gasteiger partial charge in [-0.15, -0.1) is 0 Å². The molecule has 1 heterocycles. The van der Waals surface area contributed by atoms with Crippen molar-refractivity contribution in [2.75, 3.05) is 0 Å². The highest BCUT2D eigenvalue weighted by molar-refractivity contribution is 7.07. The van der Waals surface area contributed by atoms with Gasteiger partial charge in [-0.1, -0.05) is 12.1 Å². The molecule has 1 atom stereocenters. The third-order valence-corrected chi connectivity index (χ3v) is 3.51. The molecule has 100 valence electrons. The molecule has 0 bridgehead atoms. The number of nitrogens with one attached hydrogen (secondary N) is 1. The van der Waals surface area contributed by atoms with Crippen LogP contribution in [0.3, 0.4) is 0 Å². The van der Waals surface area contributed by atoms with Crippen molar-refractivity contribution in [3.05, 3.63) is 52.2 Å². The number of hydrogen-bond acceptors (Lipinski definition) is 4. The third kappa shape index (κ3) is 4.08. The molecule has 0 aliphatic heterocycles. The first-order chi connectivity index (χ1) is 9.15. The first-order valence-electron chi connectivity index (χ1n) is 5.97. The van der Waals surface area contributed by atoms with Crippen LogP contribution in [0, 0.1) is 0 Å². The molecule has 0 fully saturated rings. The highest BCUT2D eigenvalue weighted by Crippen LogP contribution is 2.11. The fraction of sp³-hybridized carbons (Fsp3) is 0.214. The number of aromatic hydroxyl groups is 1. The van der Waals surface area contributed by atoms with Crippen molar-refractivity contribution in [1.29, 1.82) is 0 Å². The van der Waals surface area contributed by atoms with Crippen LogP contribution in [0.1, 0.15) is 11.1 Å². The second kappa shape index (κ2) is 6.36. The SMILES string of the molecule is N[C@H](Cc1ccc(O)cc1)C(=O)NCc1ccsc1. The summed E-state index contributed by atoms with van der Waals surface area (Å²) in [5.41, 5.74) is 7.86. The van der Waals surface area contributed by atoms with Gasteiger partial charge in [-0.3, -0.25) is 4.79 Å². The Balaban J connectivity index is 1.83. The fourth-order valence-electron chi connectivity index (χ4n) is 1.69. The van der Waals surface area contributed by atoms with Crippen LogP contribution < -0.4 is 11.1 Å². The van der Waals surface area contributed by atoms with Crippen LogP contribution in [0.2, 0.25) is 0 Å². The van der Waals surface area contributed by atoms with Gasteiger partial charge in [0.25, 0.3) is 0 Å². The number of benzene rings is 1. The zero-order valence-corrected chi connectivity index (χ0v) is 11.2. The van der Waals surface area contributed by atoms with E-state index in [1.807, 2.05) is 16.8 Å². The van der Waals surface area contributed by atoms with Crippen LogP contribution in [-0.2, 0) is 17.8 Å². The van der Waals surface area contributed by atoms with Gasteiger partial charge in [0.1, 0.15) is 5.75 Å². The van der Waals surface area contributed by atoms with E-state index in [2.05, 4.69) is 5.32 Å². The lowest BCUT2D eigenvalue weighted by Gasteiger charge is -2.12. The number of phenols is 1. The van der Waals surface area contributed by atoms with E-state index in [-0.39, 0.29) is 11.7 Å². The number of thiophene rings is 1. The number of nitrogens with two attached hydrogens (primary N) is 1. The normalized spacial score (nSPS) is 12.1. The first kappa shape index (κ1) is 13.6. The molecule has 0 saturated heterocycles. The number of rotatable bonds is 5. The maximum absolute atomic E-state index is 11.8. The molecule has 0 saturated carbocycles. The smallest absolute Gasteiger partial charge is 0.237 e. The van der Waals surface area contributed by atoms with Crippen molar-refractivity contribution in [3.8, 4) is 5.75 Å². The minimum Gasteiger partial charge on any atom is -0.508 e. The van der Waals surface area contributed by atoms with Crippen molar-refractivity contribution in [1.82, 2.24) is 5.32 Å². The van der Waals surface area contributed by atoms with E-state index in [1.54, 1.807) is 35.6 Å². The molecule has 2 aromatic rings. The van der Waals surface area contributed by atoms with Gasteiger partial charge >= 0.3 is 0 Å². The summed E-state index contributed by atoms with van der Waals surface area (Å²) in [4.78, 5) is 11.8. The molecule has 0 spiro atoms. The second-order valence-electron chi connectivity index (χ2n) is 4.33. The lowest BCUT2D eigenvalue weighted by Crippen LogP contribution is -2.41. The topological polar surface area (TPSA) is 75.3 Å². The summed E-state index contributed by atoms with van der Waals surface area (Å²) in [6.07, 6.45) is 0.454. The van der Waals surface area contributed by atoms with Gasteiger partial charge in [0.05, 0.1) is 6.04 Å².